The topological polar surface area (TPSA) is 68.2 Å². The van der Waals surface area contributed by atoms with Crippen molar-refractivity contribution in [2.24, 2.45) is 5.73 Å². The van der Waals surface area contributed by atoms with Crippen molar-refractivity contribution in [2.75, 3.05) is 6.54 Å². The number of hydrogen-bond donors (Lipinski definition) is 1. The van der Waals surface area contributed by atoms with Gasteiger partial charge in [-0.3, -0.25) is 4.90 Å². The van der Waals surface area contributed by atoms with Gasteiger partial charge in [0.2, 0.25) is 5.89 Å². The molecule has 1 aromatic heterocycles. The van der Waals surface area contributed by atoms with Gasteiger partial charge >= 0.3 is 0 Å². The second-order valence-corrected chi connectivity index (χ2v) is 7.30. The minimum Gasteiger partial charge on any atom is -0.339 e. The molecule has 0 bridgehead atoms. The lowest BCUT2D eigenvalue weighted by molar-refractivity contribution is 0.137. The van der Waals surface area contributed by atoms with E-state index < -0.39 is 0 Å². The number of nitrogens with two attached hydrogens (primary N) is 1. The van der Waals surface area contributed by atoms with Crippen molar-refractivity contribution < 1.29 is 4.52 Å². The zero-order valence-electron chi connectivity index (χ0n) is 13.9. The van der Waals surface area contributed by atoms with Crippen LogP contribution in [0.25, 0.3) is 0 Å². The minimum atomic E-state index is -0.0849. The Kier molecular flexibility index (Phi) is 5.38. The Balaban J connectivity index is 2.00. The van der Waals surface area contributed by atoms with Crippen LogP contribution in [-0.4, -0.2) is 33.7 Å². The second kappa shape index (κ2) is 6.88. The molecule has 1 fully saturated rings. The first kappa shape index (κ1) is 16.4. The Hall–Kier alpha value is -0.940. The smallest absolute Gasteiger partial charge is 0.232 e. The van der Waals surface area contributed by atoms with Crippen LogP contribution in [0.3, 0.4) is 0 Å². The highest BCUT2D eigenvalue weighted by Crippen LogP contribution is 2.24. The molecule has 0 aromatic carbocycles. The first-order chi connectivity index (χ1) is 9.90. The summed E-state index contributed by atoms with van der Waals surface area (Å²) in [4.78, 5) is 7.07. The number of rotatable bonds is 5. The summed E-state index contributed by atoms with van der Waals surface area (Å²) in [5.74, 6) is 1.53. The summed E-state index contributed by atoms with van der Waals surface area (Å²) in [6.45, 7) is 10.4. The van der Waals surface area contributed by atoms with Crippen molar-refractivity contribution in [2.45, 2.75) is 83.8 Å². The van der Waals surface area contributed by atoms with Crippen molar-refractivity contribution in [1.29, 1.82) is 0 Å². The molecule has 0 amide bonds. The fourth-order valence-corrected chi connectivity index (χ4v) is 2.95. The fourth-order valence-electron chi connectivity index (χ4n) is 2.95. The van der Waals surface area contributed by atoms with Gasteiger partial charge in [-0.1, -0.05) is 32.9 Å². The van der Waals surface area contributed by atoms with Crippen LogP contribution in [0.4, 0.5) is 0 Å². The molecule has 1 saturated carbocycles. The van der Waals surface area contributed by atoms with Gasteiger partial charge in [-0.2, -0.15) is 4.98 Å². The molecule has 0 spiro atoms. The van der Waals surface area contributed by atoms with Gasteiger partial charge in [0.25, 0.3) is 0 Å². The van der Waals surface area contributed by atoms with E-state index in [0.29, 0.717) is 12.1 Å². The first-order valence-electron chi connectivity index (χ1n) is 8.23. The molecule has 0 saturated heterocycles. The highest BCUT2D eigenvalue weighted by Gasteiger charge is 2.26. The summed E-state index contributed by atoms with van der Waals surface area (Å²) >= 11 is 0. The van der Waals surface area contributed by atoms with Crippen molar-refractivity contribution in [3.63, 3.8) is 0 Å². The summed E-state index contributed by atoms with van der Waals surface area (Å²) < 4.78 is 5.40. The molecular formula is C16H30N4O. The molecular weight excluding hydrogens is 264 g/mol. The van der Waals surface area contributed by atoms with Crippen LogP contribution in [0.15, 0.2) is 4.52 Å². The van der Waals surface area contributed by atoms with Gasteiger partial charge in [0.05, 0.1) is 6.54 Å². The van der Waals surface area contributed by atoms with Crippen molar-refractivity contribution in [3.8, 4) is 0 Å². The third-order valence-corrected chi connectivity index (χ3v) is 4.22. The maximum absolute atomic E-state index is 6.02. The Bertz CT molecular complexity index is 430. The van der Waals surface area contributed by atoms with Crippen LogP contribution in [0, 0.1) is 0 Å². The third-order valence-electron chi connectivity index (χ3n) is 4.22. The van der Waals surface area contributed by atoms with E-state index in [9.17, 15) is 0 Å². The minimum absolute atomic E-state index is 0.0849. The van der Waals surface area contributed by atoms with Crippen molar-refractivity contribution >= 4 is 0 Å². The molecule has 5 heteroatoms. The maximum atomic E-state index is 6.02. The Morgan fingerprint density at radius 3 is 2.43 bits per heavy atom. The summed E-state index contributed by atoms with van der Waals surface area (Å²) in [6.07, 6.45) is 5.78. The normalized spacial score (nSPS) is 23.7. The van der Waals surface area contributed by atoms with Crippen molar-refractivity contribution in [1.82, 2.24) is 15.0 Å². The van der Waals surface area contributed by atoms with Crippen LogP contribution in [-0.2, 0) is 12.0 Å². The summed E-state index contributed by atoms with van der Waals surface area (Å²) in [6, 6.07) is 1.00. The fraction of sp³-hybridized carbons (Fsp3) is 0.875. The molecule has 0 aliphatic heterocycles. The van der Waals surface area contributed by atoms with Gasteiger partial charge in [-0.05, 0) is 38.6 Å². The summed E-state index contributed by atoms with van der Waals surface area (Å²) in [5, 5.41) is 4.16. The quantitative estimate of drug-likeness (QED) is 0.904. The molecule has 120 valence electrons. The molecule has 1 aromatic rings. The van der Waals surface area contributed by atoms with E-state index in [1.807, 2.05) is 0 Å². The molecule has 1 aliphatic carbocycles. The highest BCUT2D eigenvalue weighted by atomic mass is 16.5. The SMILES string of the molecule is CCCN(Cc1noc(C(C)(C)C)n1)C1CCC(N)CC1. The Morgan fingerprint density at radius 1 is 1.24 bits per heavy atom. The first-order valence-corrected chi connectivity index (χ1v) is 8.23. The Labute approximate surface area is 128 Å². The van der Waals surface area contributed by atoms with Gasteiger partial charge in [0.15, 0.2) is 5.82 Å². The molecule has 21 heavy (non-hydrogen) atoms. The van der Waals surface area contributed by atoms with Gasteiger partial charge in [-0.25, -0.2) is 0 Å². The molecule has 0 atom stereocenters. The molecule has 2 N–H and O–H groups in total. The Morgan fingerprint density at radius 2 is 1.90 bits per heavy atom. The van der Waals surface area contributed by atoms with Crippen LogP contribution in [0.5, 0.6) is 0 Å². The largest absolute Gasteiger partial charge is 0.339 e. The van der Waals surface area contributed by atoms with E-state index in [1.54, 1.807) is 0 Å². The van der Waals surface area contributed by atoms with E-state index >= 15 is 0 Å². The lowest BCUT2D eigenvalue weighted by atomic mass is 9.90. The van der Waals surface area contributed by atoms with Gasteiger partial charge in [0, 0.05) is 17.5 Å². The molecule has 2 rings (SSSR count). The van der Waals surface area contributed by atoms with E-state index in [-0.39, 0.29) is 5.41 Å². The standard InChI is InChI=1S/C16H30N4O/c1-5-10-20(13-8-6-12(17)7-9-13)11-14-18-15(21-19-14)16(2,3)4/h12-13H,5-11,17H2,1-4H3. The van der Waals surface area contributed by atoms with Gasteiger partial charge in [0.1, 0.15) is 0 Å². The molecule has 0 unspecified atom stereocenters. The highest BCUT2D eigenvalue weighted by molar-refractivity contribution is 4.98. The van der Waals surface area contributed by atoms with Crippen molar-refractivity contribution in [3.05, 3.63) is 11.7 Å². The molecule has 5 nitrogen and oxygen atoms in total. The molecule has 1 heterocycles. The average molecular weight is 294 g/mol. The van der Waals surface area contributed by atoms with Crippen LogP contribution < -0.4 is 5.73 Å². The lowest BCUT2D eigenvalue weighted by Gasteiger charge is -2.35. The van der Waals surface area contributed by atoms with Crippen LogP contribution >= 0.6 is 0 Å². The predicted molar refractivity (Wildman–Crippen MR) is 83.9 cm³/mol. The number of aromatic nitrogens is 2. The molecule has 1 aliphatic rings. The van der Waals surface area contributed by atoms with Gasteiger partial charge < -0.3 is 10.3 Å². The van der Waals surface area contributed by atoms with E-state index in [4.69, 9.17) is 10.3 Å². The second-order valence-electron chi connectivity index (χ2n) is 7.30. The lowest BCUT2D eigenvalue weighted by Crippen LogP contribution is -2.41. The predicted octanol–water partition coefficient (Wildman–Crippen LogP) is 2.85. The summed E-state index contributed by atoms with van der Waals surface area (Å²) in [7, 11) is 0. The maximum Gasteiger partial charge on any atom is 0.232 e. The van der Waals surface area contributed by atoms with Gasteiger partial charge in [-0.15, -0.1) is 0 Å². The average Bonchev–Trinajstić information content (AvgIpc) is 2.88. The van der Waals surface area contributed by atoms with E-state index in [2.05, 4.69) is 42.7 Å². The van der Waals surface area contributed by atoms with Crippen LogP contribution in [0.1, 0.15) is 71.5 Å². The zero-order chi connectivity index (χ0) is 15.5. The monoisotopic (exact) mass is 294 g/mol. The van der Waals surface area contributed by atoms with E-state index in [1.165, 1.54) is 12.8 Å². The van der Waals surface area contributed by atoms with Crippen LogP contribution in [0.2, 0.25) is 0 Å². The summed E-state index contributed by atoms with van der Waals surface area (Å²) in [5.41, 5.74) is 5.93. The van der Waals surface area contributed by atoms with E-state index in [0.717, 1.165) is 44.1 Å². The molecule has 0 radical (unpaired) electrons. The number of nitrogens with zero attached hydrogens (tertiary/aromatic N) is 3. The zero-order valence-corrected chi connectivity index (χ0v) is 13.9. The number of hydrogen-bond acceptors (Lipinski definition) is 5. The third kappa shape index (κ3) is 4.51.